The number of benzene rings is 2. The van der Waals surface area contributed by atoms with Gasteiger partial charge in [0.15, 0.2) is 5.65 Å². The number of H-pyrrole nitrogens is 1. The Hall–Kier alpha value is -3.34. The molecule has 5 rings (SSSR count). The lowest BCUT2D eigenvalue weighted by atomic mass is 9.91. The number of aromatic nitrogens is 3. The Morgan fingerprint density at radius 1 is 0.969 bits per heavy atom. The van der Waals surface area contributed by atoms with Gasteiger partial charge in [0.05, 0.1) is 12.2 Å². The quantitative estimate of drug-likeness (QED) is 0.314. The number of hydrogen-bond acceptors (Lipinski definition) is 4. The second-order valence-electron chi connectivity index (χ2n) is 8.74. The molecule has 3 heterocycles. The molecule has 0 saturated heterocycles. The Morgan fingerprint density at radius 3 is 2.41 bits per heavy atom. The first-order valence-corrected chi connectivity index (χ1v) is 11.7. The van der Waals surface area contributed by atoms with Gasteiger partial charge >= 0.3 is 0 Å². The summed E-state index contributed by atoms with van der Waals surface area (Å²) in [4.78, 5) is 3.32. The number of hydrogen-bond donors (Lipinski definition) is 3. The number of fused-ring (bicyclic) bond motifs is 2. The van der Waals surface area contributed by atoms with Gasteiger partial charge in [0.1, 0.15) is 5.75 Å². The van der Waals surface area contributed by atoms with E-state index in [2.05, 4.69) is 76.9 Å². The van der Waals surface area contributed by atoms with Gasteiger partial charge in [-0.1, -0.05) is 44.9 Å². The van der Waals surface area contributed by atoms with E-state index >= 15 is 0 Å². The van der Waals surface area contributed by atoms with Gasteiger partial charge in [-0.2, -0.15) is 5.10 Å². The SMILES string of the molecule is CCCCc1cc(C2Nc3ccccc3-c3cnnc4[nH]cc2c34)cc(CCCC)c1O. The van der Waals surface area contributed by atoms with Crippen LogP contribution in [0.25, 0.3) is 22.2 Å². The zero-order chi connectivity index (χ0) is 22.1. The first kappa shape index (κ1) is 20.6. The van der Waals surface area contributed by atoms with Crippen LogP contribution in [-0.4, -0.2) is 20.3 Å². The van der Waals surface area contributed by atoms with E-state index in [1.807, 2.05) is 6.20 Å². The highest BCUT2D eigenvalue weighted by atomic mass is 16.3. The molecule has 0 aliphatic carbocycles. The Labute approximate surface area is 188 Å². The third-order valence-electron chi connectivity index (χ3n) is 6.55. The number of aryl methyl sites for hydroxylation is 2. The maximum absolute atomic E-state index is 11.0. The summed E-state index contributed by atoms with van der Waals surface area (Å²) in [5, 5.41) is 24.5. The molecular formula is C27H30N4O. The van der Waals surface area contributed by atoms with E-state index in [-0.39, 0.29) is 6.04 Å². The highest BCUT2D eigenvalue weighted by Gasteiger charge is 2.27. The second-order valence-corrected chi connectivity index (χ2v) is 8.74. The molecule has 1 unspecified atom stereocenters. The Balaban J connectivity index is 1.70. The molecule has 0 fully saturated rings. The number of unbranched alkanes of at least 4 members (excludes halogenated alkanes) is 2. The zero-order valence-electron chi connectivity index (χ0n) is 18.8. The summed E-state index contributed by atoms with van der Waals surface area (Å²) in [5.41, 5.74) is 8.55. The minimum atomic E-state index is -0.0447. The van der Waals surface area contributed by atoms with Crippen LogP contribution < -0.4 is 5.32 Å². The summed E-state index contributed by atoms with van der Waals surface area (Å²) >= 11 is 0. The molecule has 1 aliphatic heterocycles. The van der Waals surface area contributed by atoms with Crippen LogP contribution >= 0.6 is 0 Å². The van der Waals surface area contributed by atoms with Crippen molar-refractivity contribution in [1.82, 2.24) is 15.2 Å². The van der Waals surface area contributed by atoms with E-state index in [1.54, 1.807) is 0 Å². The fourth-order valence-electron chi connectivity index (χ4n) is 4.84. The first-order valence-electron chi connectivity index (χ1n) is 11.7. The number of rotatable bonds is 7. The maximum atomic E-state index is 11.0. The normalized spacial score (nSPS) is 14.8. The van der Waals surface area contributed by atoms with Gasteiger partial charge in [0.25, 0.3) is 0 Å². The summed E-state index contributed by atoms with van der Waals surface area (Å²) in [6.07, 6.45) is 10.0. The largest absolute Gasteiger partial charge is 0.507 e. The summed E-state index contributed by atoms with van der Waals surface area (Å²) in [6.45, 7) is 4.38. The smallest absolute Gasteiger partial charge is 0.160 e. The van der Waals surface area contributed by atoms with E-state index in [1.165, 1.54) is 5.56 Å². The number of aromatic hydroxyl groups is 1. The number of aromatic amines is 1. The molecule has 32 heavy (non-hydrogen) atoms. The van der Waals surface area contributed by atoms with Crippen LogP contribution in [0.15, 0.2) is 48.8 Å². The standard InChI is InChI=1S/C27H30N4O/c1-3-5-9-17-13-19(14-18(26(17)32)10-6-4-2)25-22-15-28-27-24(22)21(16-29-31-27)20-11-7-8-12-23(20)30-25/h7-8,11-16,25,30,32H,3-6,9-10H2,1-2H3,(H,28,31). The predicted molar refractivity (Wildman–Crippen MR) is 130 cm³/mol. The Kier molecular flexibility index (Phi) is 5.56. The highest BCUT2D eigenvalue weighted by Crippen LogP contribution is 2.44. The fourth-order valence-corrected chi connectivity index (χ4v) is 4.84. The van der Waals surface area contributed by atoms with Crippen molar-refractivity contribution in [3.05, 3.63) is 71.0 Å². The molecule has 0 radical (unpaired) electrons. The van der Waals surface area contributed by atoms with E-state index < -0.39 is 0 Å². The topological polar surface area (TPSA) is 73.8 Å². The van der Waals surface area contributed by atoms with Gasteiger partial charge in [0.2, 0.25) is 0 Å². The van der Waals surface area contributed by atoms with Gasteiger partial charge < -0.3 is 15.4 Å². The minimum absolute atomic E-state index is 0.0447. The average Bonchev–Trinajstić information content (AvgIpc) is 3.19. The second kappa shape index (κ2) is 8.65. The first-order chi connectivity index (χ1) is 15.7. The molecule has 3 N–H and O–H groups in total. The molecule has 2 aromatic carbocycles. The van der Waals surface area contributed by atoms with Crippen molar-refractivity contribution in [2.24, 2.45) is 0 Å². The van der Waals surface area contributed by atoms with Crippen molar-refractivity contribution in [3.8, 4) is 16.9 Å². The molecule has 4 aromatic rings. The Morgan fingerprint density at radius 2 is 1.69 bits per heavy atom. The van der Waals surface area contributed by atoms with Crippen LogP contribution in [0.3, 0.4) is 0 Å². The number of anilines is 1. The molecule has 0 spiro atoms. The number of nitrogens with one attached hydrogen (secondary N) is 2. The third kappa shape index (κ3) is 3.52. The molecule has 5 nitrogen and oxygen atoms in total. The molecule has 0 saturated carbocycles. The van der Waals surface area contributed by atoms with Crippen LogP contribution in [0.2, 0.25) is 0 Å². The van der Waals surface area contributed by atoms with Crippen molar-refractivity contribution in [1.29, 1.82) is 0 Å². The van der Waals surface area contributed by atoms with Crippen LogP contribution in [0.5, 0.6) is 5.75 Å². The molecule has 0 bridgehead atoms. The molecule has 0 amide bonds. The molecule has 164 valence electrons. The summed E-state index contributed by atoms with van der Waals surface area (Å²) in [6, 6.07) is 12.7. The zero-order valence-corrected chi connectivity index (χ0v) is 18.8. The van der Waals surface area contributed by atoms with Crippen LogP contribution in [0.4, 0.5) is 5.69 Å². The van der Waals surface area contributed by atoms with Gasteiger partial charge in [-0.15, -0.1) is 5.10 Å². The highest BCUT2D eigenvalue weighted by molar-refractivity contribution is 6.00. The Bertz CT molecular complexity index is 1230. The van der Waals surface area contributed by atoms with Gasteiger partial charge in [0, 0.05) is 34.0 Å². The summed E-state index contributed by atoms with van der Waals surface area (Å²) in [5.74, 6) is 0.482. The van der Waals surface area contributed by atoms with Gasteiger partial charge in [-0.05, 0) is 60.6 Å². The van der Waals surface area contributed by atoms with Crippen molar-refractivity contribution >= 4 is 16.7 Å². The number of para-hydroxylation sites is 1. The van der Waals surface area contributed by atoms with E-state index in [9.17, 15) is 5.11 Å². The monoisotopic (exact) mass is 426 g/mol. The summed E-state index contributed by atoms with van der Waals surface area (Å²) in [7, 11) is 0. The van der Waals surface area contributed by atoms with E-state index in [0.717, 1.165) is 83.1 Å². The minimum Gasteiger partial charge on any atom is -0.507 e. The molecule has 1 aliphatic rings. The lowest BCUT2D eigenvalue weighted by molar-refractivity contribution is 0.458. The molecular weight excluding hydrogens is 396 g/mol. The lowest BCUT2D eigenvalue weighted by Gasteiger charge is -2.22. The summed E-state index contributed by atoms with van der Waals surface area (Å²) < 4.78 is 0. The van der Waals surface area contributed by atoms with Crippen LogP contribution in [0, 0.1) is 0 Å². The third-order valence-corrected chi connectivity index (χ3v) is 6.55. The average molecular weight is 427 g/mol. The van der Waals surface area contributed by atoms with Gasteiger partial charge in [-0.25, -0.2) is 0 Å². The molecule has 1 atom stereocenters. The molecule has 2 aromatic heterocycles. The van der Waals surface area contributed by atoms with Gasteiger partial charge in [-0.3, -0.25) is 0 Å². The number of phenols is 1. The predicted octanol–water partition coefficient (Wildman–Crippen LogP) is 6.53. The van der Waals surface area contributed by atoms with E-state index in [4.69, 9.17) is 0 Å². The fraction of sp³-hybridized carbons (Fsp3) is 0.333. The van der Waals surface area contributed by atoms with Crippen molar-refractivity contribution < 1.29 is 5.11 Å². The lowest BCUT2D eigenvalue weighted by Crippen LogP contribution is -2.12. The van der Waals surface area contributed by atoms with E-state index in [0.29, 0.717) is 5.75 Å². The van der Waals surface area contributed by atoms with Crippen LogP contribution in [0.1, 0.15) is 67.8 Å². The van der Waals surface area contributed by atoms with Crippen molar-refractivity contribution in [3.63, 3.8) is 0 Å². The maximum Gasteiger partial charge on any atom is 0.160 e. The number of nitrogens with zero attached hydrogens (tertiary/aromatic N) is 2. The van der Waals surface area contributed by atoms with Crippen molar-refractivity contribution in [2.75, 3.05) is 5.32 Å². The van der Waals surface area contributed by atoms with Crippen molar-refractivity contribution in [2.45, 2.75) is 58.4 Å². The molecule has 5 heteroatoms. The van der Waals surface area contributed by atoms with Crippen LogP contribution in [-0.2, 0) is 12.8 Å². The number of phenolic OH excluding ortho intramolecular Hbond substituents is 1.